The Balaban J connectivity index is 1.67. The average Bonchev–Trinajstić information content (AvgIpc) is 2.99. The minimum absolute atomic E-state index is 0.157. The van der Waals surface area contributed by atoms with Crippen molar-refractivity contribution in [3.63, 3.8) is 0 Å². The predicted molar refractivity (Wildman–Crippen MR) is 88.0 cm³/mol. The monoisotopic (exact) mass is 332 g/mol. The summed E-state index contributed by atoms with van der Waals surface area (Å²) in [6.07, 6.45) is 7.89. The maximum Gasteiger partial charge on any atom is 0.311 e. The van der Waals surface area contributed by atoms with E-state index in [0.29, 0.717) is 24.4 Å². The molecule has 2 fully saturated rings. The number of hydrogen-bond acceptors (Lipinski definition) is 4. The Bertz CT molecular complexity index is 627. The number of rotatable bonds is 4. The molecule has 1 aliphatic carbocycles. The van der Waals surface area contributed by atoms with Crippen LogP contribution in [0, 0.1) is 5.41 Å². The van der Waals surface area contributed by atoms with Gasteiger partial charge in [0, 0.05) is 30.9 Å². The average molecular weight is 332 g/mol. The second-order valence-electron chi connectivity index (χ2n) is 7.10. The van der Waals surface area contributed by atoms with Crippen molar-refractivity contribution >= 4 is 11.9 Å². The van der Waals surface area contributed by atoms with Crippen LogP contribution in [0.2, 0.25) is 0 Å². The van der Waals surface area contributed by atoms with E-state index in [1.165, 1.54) is 19.3 Å². The summed E-state index contributed by atoms with van der Waals surface area (Å²) >= 11 is 0. The van der Waals surface area contributed by atoms with E-state index < -0.39 is 11.4 Å². The molecule has 24 heavy (non-hydrogen) atoms. The number of ether oxygens (including phenoxy) is 1. The number of nitrogens with zero attached hydrogens (tertiary/aromatic N) is 2. The number of carboxylic acid groups (broad SMARTS) is 1. The van der Waals surface area contributed by atoms with Crippen LogP contribution in [-0.2, 0) is 4.79 Å². The van der Waals surface area contributed by atoms with Crippen molar-refractivity contribution in [3.05, 3.63) is 23.9 Å². The molecule has 1 N–H and O–H groups in total. The predicted octanol–water partition coefficient (Wildman–Crippen LogP) is 2.73. The van der Waals surface area contributed by atoms with E-state index in [2.05, 4.69) is 4.98 Å². The highest BCUT2D eigenvalue weighted by Gasteiger charge is 2.42. The van der Waals surface area contributed by atoms with Crippen LogP contribution in [0.5, 0.6) is 5.88 Å². The number of aromatic nitrogens is 1. The third-order valence-corrected chi connectivity index (χ3v) is 5.10. The Morgan fingerprint density at radius 1 is 1.33 bits per heavy atom. The molecule has 1 atom stereocenters. The number of carbonyl (C=O) groups excluding carboxylic acids is 1. The van der Waals surface area contributed by atoms with Gasteiger partial charge in [0.15, 0.2) is 0 Å². The number of carboxylic acids is 1. The molecule has 1 saturated carbocycles. The minimum atomic E-state index is -0.857. The summed E-state index contributed by atoms with van der Waals surface area (Å²) in [6, 6.07) is 3.33. The largest absolute Gasteiger partial charge is 0.481 e. The molecule has 3 rings (SSSR count). The minimum Gasteiger partial charge on any atom is -0.481 e. The molecular formula is C18H24N2O4. The first-order chi connectivity index (χ1) is 11.5. The van der Waals surface area contributed by atoms with E-state index in [-0.39, 0.29) is 18.6 Å². The lowest BCUT2D eigenvalue weighted by Gasteiger charge is -2.23. The van der Waals surface area contributed by atoms with Crippen molar-refractivity contribution in [2.75, 3.05) is 13.1 Å². The first kappa shape index (κ1) is 16.7. The normalized spacial score (nSPS) is 24.8. The van der Waals surface area contributed by atoms with E-state index in [1.807, 2.05) is 0 Å². The molecule has 1 amide bonds. The topological polar surface area (TPSA) is 79.7 Å². The molecule has 0 aromatic carbocycles. The van der Waals surface area contributed by atoms with Crippen LogP contribution in [0.25, 0.3) is 0 Å². The van der Waals surface area contributed by atoms with E-state index in [4.69, 9.17) is 4.74 Å². The molecular weight excluding hydrogens is 308 g/mol. The van der Waals surface area contributed by atoms with Crippen LogP contribution in [0.1, 0.15) is 55.8 Å². The summed E-state index contributed by atoms with van der Waals surface area (Å²) in [4.78, 5) is 29.8. The summed E-state index contributed by atoms with van der Waals surface area (Å²) in [6.45, 7) is 2.39. The molecule has 2 aliphatic rings. The summed E-state index contributed by atoms with van der Waals surface area (Å²) < 4.78 is 5.91. The van der Waals surface area contributed by atoms with E-state index in [1.54, 1.807) is 30.2 Å². The van der Waals surface area contributed by atoms with Crippen LogP contribution in [0.4, 0.5) is 0 Å². The first-order valence-electron chi connectivity index (χ1n) is 8.63. The van der Waals surface area contributed by atoms with Gasteiger partial charge in [-0.3, -0.25) is 9.59 Å². The van der Waals surface area contributed by atoms with Gasteiger partial charge in [-0.25, -0.2) is 4.98 Å². The fraction of sp³-hybridized carbons (Fsp3) is 0.611. The Morgan fingerprint density at radius 3 is 2.75 bits per heavy atom. The van der Waals surface area contributed by atoms with Crippen LogP contribution in [-0.4, -0.2) is 46.1 Å². The molecule has 1 unspecified atom stereocenters. The summed E-state index contributed by atoms with van der Waals surface area (Å²) in [5.41, 5.74) is -0.352. The second kappa shape index (κ2) is 6.79. The maximum absolute atomic E-state index is 12.7. The zero-order valence-electron chi connectivity index (χ0n) is 14.0. The highest BCUT2D eigenvalue weighted by molar-refractivity contribution is 5.95. The molecule has 0 radical (unpaired) electrons. The fourth-order valence-corrected chi connectivity index (χ4v) is 3.45. The first-order valence-corrected chi connectivity index (χ1v) is 8.63. The number of likely N-dealkylation sites (tertiary alicyclic amines) is 1. The van der Waals surface area contributed by atoms with Crippen molar-refractivity contribution < 1.29 is 19.4 Å². The lowest BCUT2D eigenvalue weighted by atomic mass is 9.90. The number of carbonyl (C=O) groups is 2. The lowest BCUT2D eigenvalue weighted by Crippen LogP contribution is -2.34. The lowest BCUT2D eigenvalue weighted by molar-refractivity contribution is -0.147. The number of aliphatic carboxylic acids is 1. The van der Waals surface area contributed by atoms with Crippen molar-refractivity contribution in [2.45, 2.75) is 51.6 Å². The zero-order valence-corrected chi connectivity index (χ0v) is 14.0. The van der Waals surface area contributed by atoms with E-state index in [9.17, 15) is 14.7 Å². The molecule has 0 bridgehead atoms. The highest BCUT2D eigenvalue weighted by Crippen LogP contribution is 2.31. The molecule has 6 heteroatoms. The van der Waals surface area contributed by atoms with Gasteiger partial charge >= 0.3 is 5.97 Å². The van der Waals surface area contributed by atoms with Gasteiger partial charge in [0.2, 0.25) is 5.88 Å². The molecule has 1 aromatic heterocycles. The van der Waals surface area contributed by atoms with Crippen LogP contribution < -0.4 is 4.74 Å². The van der Waals surface area contributed by atoms with E-state index >= 15 is 0 Å². The number of hydrogen-bond donors (Lipinski definition) is 1. The molecule has 130 valence electrons. The smallest absolute Gasteiger partial charge is 0.311 e. The third kappa shape index (κ3) is 3.52. The van der Waals surface area contributed by atoms with Crippen LogP contribution in [0.15, 0.2) is 18.3 Å². The maximum atomic E-state index is 12.7. The molecule has 1 saturated heterocycles. The van der Waals surface area contributed by atoms with Crippen molar-refractivity contribution in [2.24, 2.45) is 5.41 Å². The fourth-order valence-electron chi connectivity index (χ4n) is 3.45. The second-order valence-corrected chi connectivity index (χ2v) is 7.10. The van der Waals surface area contributed by atoms with Crippen molar-refractivity contribution in [3.8, 4) is 5.88 Å². The van der Waals surface area contributed by atoms with Gasteiger partial charge in [0.25, 0.3) is 5.91 Å². The van der Waals surface area contributed by atoms with Gasteiger partial charge in [0.1, 0.15) is 6.10 Å². The molecule has 2 heterocycles. The van der Waals surface area contributed by atoms with Gasteiger partial charge in [-0.05, 0) is 45.1 Å². The van der Waals surface area contributed by atoms with E-state index in [0.717, 1.165) is 12.8 Å². The Morgan fingerprint density at radius 2 is 2.08 bits per heavy atom. The number of pyridine rings is 1. The Labute approximate surface area is 141 Å². The zero-order chi connectivity index (χ0) is 17.2. The highest BCUT2D eigenvalue weighted by atomic mass is 16.5. The Hall–Kier alpha value is -2.11. The van der Waals surface area contributed by atoms with Crippen LogP contribution >= 0.6 is 0 Å². The van der Waals surface area contributed by atoms with Crippen molar-refractivity contribution in [1.82, 2.24) is 9.88 Å². The SMILES string of the molecule is CC1(C(=O)O)CCN(C(=O)c2ccnc(OC3CCCCC3)c2)C1. The molecule has 1 aliphatic heterocycles. The third-order valence-electron chi connectivity index (χ3n) is 5.10. The van der Waals surface area contributed by atoms with Crippen molar-refractivity contribution in [1.29, 1.82) is 0 Å². The Kier molecular flexibility index (Phi) is 4.73. The van der Waals surface area contributed by atoms with Gasteiger partial charge in [0.05, 0.1) is 5.41 Å². The van der Waals surface area contributed by atoms with Gasteiger partial charge < -0.3 is 14.7 Å². The number of amides is 1. The summed E-state index contributed by atoms with van der Waals surface area (Å²) in [5.74, 6) is -0.530. The van der Waals surface area contributed by atoms with Gasteiger partial charge in [-0.2, -0.15) is 0 Å². The van der Waals surface area contributed by atoms with Gasteiger partial charge in [-0.15, -0.1) is 0 Å². The summed E-state index contributed by atoms with van der Waals surface area (Å²) in [7, 11) is 0. The molecule has 1 aromatic rings. The molecule has 0 spiro atoms. The van der Waals surface area contributed by atoms with Gasteiger partial charge in [-0.1, -0.05) is 6.42 Å². The molecule has 6 nitrogen and oxygen atoms in total. The van der Waals surface area contributed by atoms with Crippen LogP contribution in [0.3, 0.4) is 0 Å². The summed E-state index contributed by atoms with van der Waals surface area (Å²) in [5, 5.41) is 9.30. The standard InChI is InChI=1S/C18H24N2O4/c1-18(17(22)23)8-10-20(12-18)16(21)13-7-9-19-15(11-13)24-14-5-3-2-4-6-14/h7,9,11,14H,2-6,8,10,12H2,1H3,(H,22,23). The quantitative estimate of drug-likeness (QED) is 0.917.